The molecule has 2 aromatic carbocycles. The van der Waals surface area contributed by atoms with Crippen LogP contribution >= 0.6 is 0 Å². The maximum atomic E-state index is 12.3. The maximum Gasteiger partial charge on any atom is 0.251 e. The normalized spacial score (nSPS) is 14.1. The summed E-state index contributed by atoms with van der Waals surface area (Å²) < 4.78 is 0. The molecule has 0 radical (unpaired) electrons. The van der Waals surface area contributed by atoms with E-state index >= 15 is 0 Å². The number of phenolic OH excluding ortho intramolecular Hbond substituents is 1. The van der Waals surface area contributed by atoms with Gasteiger partial charge in [-0.05, 0) is 54.8 Å². The first kappa shape index (κ1) is 13.5. The number of nitrogens with one attached hydrogen (secondary N) is 2. The average molecular weight is 282 g/mol. The zero-order valence-corrected chi connectivity index (χ0v) is 11.9. The summed E-state index contributed by atoms with van der Waals surface area (Å²) in [6.07, 6.45) is 0.957. The Hall–Kier alpha value is -2.49. The van der Waals surface area contributed by atoms with Crippen LogP contribution in [0.2, 0.25) is 0 Å². The van der Waals surface area contributed by atoms with Crippen molar-refractivity contribution in [1.29, 1.82) is 0 Å². The molecule has 3 N–H and O–H groups in total. The van der Waals surface area contributed by atoms with Crippen molar-refractivity contribution in [1.82, 2.24) is 5.32 Å². The van der Waals surface area contributed by atoms with E-state index in [4.69, 9.17) is 0 Å². The highest BCUT2D eigenvalue weighted by Gasteiger charge is 2.15. The van der Waals surface area contributed by atoms with Crippen LogP contribution in [0.15, 0.2) is 42.5 Å². The van der Waals surface area contributed by atoms with Gasteiger partial charge in [-0.1, -0.05) is 12.1 Å². The lowest BCUT2D eigenvalue weighted by molar-refractivity contribution is 0.0939. The van der Waals surface area contributed by atoms with Crippen molar-refractivity contribution in [3.63, 3.8) is 0 Å². The fourth-order valence-electron chi connectivity index (χ4n) is 2.60. The van der Waals surface area contributed by atoms with Crippen LogP contribution in [-0.2, 0) is 6.42 Å². The Balaban J connectivity index is 1.74. The number of phenols is 1. The van der Waals surface area contributed by atoms with Gasteiger partial charge in [0, 0.05) is 17.8 Å². The Morgan fingerprint density at radius 2 is 2.14 bits per heavy atom. The molecule has 1 unspecified atom stereocenters. The Morgan fingerprint density at radius 3 is 2.95 bits per heavy atom. The lowest BCUT2D eigenvalue weighted by Gasteiger charge is -2.15. The van der Waals surface area contributed by atoms with E-state index < -0.39 is 0 Å². The number of rotatable bonds is 3. The van der Waals surface area contributed by atoms with Gasteiger partial charge in [-0.2, -0.15) is 0 Å². The van der Waals surface area contributed by atoms with Gasteiger partial charge < -0.3 is 15.7 Å². The Bertz CT molecular complexity index is 682. The highest BCUT2D eigenvalue weighted by atomic mass is 16.3. The second-order valence-corrected chi connectivity index (χ2v) is 5.34. The molecule has 0 bridgehead atoms. The molecule has 0 aromatic heterocycles. The van der Waals surface area contributed by atoms with Crippen molar-refractivity contribution >= 4 is 11.6 Å². The maximum absolute atomic E-state index is 12.3. The average Bonchev–Trinajstić information content (AvgIpc) is 2.94. The van der Waals surface area contributed by atoms with Crippen LogP contribution in [0.3, 0.4) is 0 Å². The van der Waals surface area contributed by atoms with E-state index in [-0.39, 0.29) is 17.7 Å². The minimum atomic E-state index is -0.157. The summed E-state index contributed by atoms with van der Waals surface area (Å²) in [6, 6.07) is 12.5. The van der Waals surface area contributed by atoms with Gasteiger partial charge in [0.05, 0.1) is 6.04 Å². The molecule has 3 rings (SSSR count). The molecule has 1 heterocycles. The molecule has 4 nitrogen and oxygen atoms in total. The predicted octanol–water partition coefficient (Wildman–Crippen LogP) is 2.85. The van der Waals surface area contributed by atoms with E-state index in [2.05, 4.69) is 10.6 Å². The molecular formula is C17H18N2O2. The fraction of sp³-hybridized carbons (Fsp3) is 0.235. The number of aromatic hydroxyl groups is 1. The van der Waals surface area contributed by atoms with Gasteiger partial charge in [-0.3, -0.25) is 4.79 Å². The van der Waals surface area contributed by atoms with Gasteiger partial charge in [-0.15, -0.1) is 0 Å². The number of amides is 1. The molecule has 0 aliphatic carbocycles. The second kappa shape index (κ2) is 5.48. The topological polar surface area (TPSA) is 61.4 Å². The number of carbonyl (C=O) groups excluding carboxylic acids is 1. The number of hydrogen-bond donors (Lipinski definition) is 3. The van der Waals surface area contributed by atoms with E-state index in [1.54, 1.807) is 18.2 Å². The quantitative estimate of drug-likeness (QED) is 0.811. The van der Waals surface area contributed by atoms with Crippen LogP contribution < -0.4 is 10.6 Å². The van der Waals surface area contributed by atoms with E-state index in [1.807, 2.05) is 31.2 Å². The van der Waals surface area contributed by atoms with Crippen LogP contribution in [0.1, 0.15) is 34.5 Å². The van der Waals surface area contributed by atoms with E-state index in [1.165, 1.54) is 5.56 Å². The molecule has 1 aliphatic rings. The Morgan fingerprint density at radius 1 is 1.29 bits per heavy atom. The Labute approximate surface area is 123 Å². The van der Waals surface area contributed by atoms with E-state index in [9.17, 15) is 9.90 Å². The van der Waals surface area contributed by atoms with Crippen LogP contribution in [-0.4, -0.2) is 17.6 Å². The summed E-state index contributed by atoms with van der Waals surface area (Å²) in [5, 5.41) is 15.7. The molecule has 108 valence electrons. The summed E-state index contributed by atoms with van der Waals surface area (Å²) in [5.41, 5.74) is 3.86. The molecule has 0 saturated heterocycles. The molecule has 2 aromatic rings. The van der Waals surface area contributed by atoms with Crippen LogP contribution in [0.4, 0.5) is 5.69 Å². The van der Waals surface area contributed by atoms with Gasteiger partial charge in [0.25, 0.3) is 5.91 Å². The standard InChI is InChI=1S/C17H18N2O2/c1-11(12-3-2-4-15(20)10-12)19-17(21)14-5-6-16-13(9-14)7-8-18-16/h2-6,9-11,18,20H,7-8H2,1H3,(H,19,21). The number of hydrogen-bond acceptors (Lipinski definition) is 3. The summed E-state index contributed by atoms with van der Waals surface area (Å²) >= 11 is 0. The number of benzene rings is 2. The first-order valence-corrected chi connectivity index (χ1v) is 7.10. The zero-order chi connectivity index (χ0) is 14.8. The molecule has 1 aliphatic heterocycles. The Kier molecular flexibility index (Phi) is 3.52. The zero-order valence-electron chi connectivity index (χ0n) is 11.9. The monoisotopic (exact) mass is 282 g/mol. The first-order chi connectivity index (χ1) is 10.1. The van der Waals surface area contributed by atoms with Gasteiger partial charge in [0.1, 0.15) is 5.75 Å². The summed E-state index contributed by atoms with van der Waals surface area (Å²) in [4.78, 5) is 12.3. The molecule has 4 heteroatoms. The minimum absolute atomic E-state index is 0.0967. The van der Waals surface area contributed by atoms with E-state index in [0.29, 0.717) is 5.56 Å². The fourth-order valence-corrected chi connectivity index (χ4v) is 2.60. The van der Waals surface area contributed by atoms with Crippen molar-refractivity contribution in [2.75, 3.05) is 11.9 Å². The van der Waals surface area contributed by atoms with Crippen molar-refractivity contribution in [2.45, 2.75) is 19.4 Å². The van der Waals surface area contributed by atoms with Crippen molar-refractivity contribution in [3.05, 3.63) is 59.2 Å². The highest BCUT2D eigenvalue weighted by molar-refractivity contribution is 5.95. The van der Waals surface area contributed by atoms with Gasteiger partial charge in [0.2, 0.25) is 0 Å². The van der Waals surface area contributed by atoms with Gasteiger partial charge >= 0.3 is 0 Å². The molecule has 1 atom stereocenters. The van der Waals surface area contributed by atoms with Gasteiger partial charge in [-0.25, -0.2) is 0 Å². The van der Waals surface area contributed by atoms with Crippen molar-refractivity contribution < 1.29 is 9.90 Å². The molecule has 1 amide bonds. The molecule has 0 fully saturated rings. The number of anilines is 1. The third-order valence-corrected chi connectivity index (χ3v) is 3.80. The van der Waals surface area contributed by atoms with Crippen LogP contribution in [0, 0.1) is 0 Å². The summed E-state index contributed by atoms with van der Waals surface area (Å²) in [5.74, 6) is 0.109. The van der Waals surface area contributed by atoms with Crippen LogP contribution in [0.25, 0.3) is 0 Å². The lowest BCUT2D eigenvalue weighted by atomic mass is 10.1. The third kappa shape index (κ3) is 2.84. The number of carbonyl (C=O) groups is 1. The largest absolute Gasteiger partial charge is 0.508 e. The lowest BCUT2D eigenvalue weighted by Crippen LogP contribution is -2.26. The smallest absolute Gasteiger partial charge is 0.251 e. The highest BCUT2D eigenvalue weighted by Crippen LogP contribution is 2.23. The van der Waals surface area contributed by atoms with Crippen LogP contribution in [0.5, 0.6) is 5.75 Å². The first-order valence-electron chi connectivity index (χ1n) is 7.10. The molecule has 0 spiro atoms. The van der Waals surface area contributed by atoms with Crippen molar-refractivity contribution in [3.8, 4) is 5.75 Å². The minimum Gasteiger partial charge on any atom is -0.508 e. The SMILES string of the molecule is CC(NC(=O)c1ccc2c(c1)CCN2)c1cccc(O)c1. The predicted molar refractivity (Wildman–Crippen MR) is 82.6 cm³/mol. The third-order valence-electron chi connectivity index (χ3n) is 3.80. The molecule has 0 saturated carbocycles. The number of fused-ring (bicyclic) bond motifs is 1. The summed E-state index contributed by atoms with van der Waals surface area (Å²) in [6.45, 7) is 2.84. The summed E-state index contributed by atoms with van der Waals surface area (Å²) in [7, 11) is 0. The van der Waals surface area contributed by atoms with E-state index in [0.717, 1.165) is 24.2 Å². The van der Waals surface area contributed by atoms with Crippen molar-refractivity contribution in [2.24, 2.45) is 0 Å². The molecule has 21 heavy (non-hydrogen) atoms. The molecular weight excluding hydrogens is 264 g/mol. The van der Waals surface area contributed by atoms with Gasteiger partial charge in [0.15, 0.2) is 0 Å². The second-order valence-electron chi connectivity index (χ2n) is 5.34.